The molecule has 0 amide bonds. The van der Waals surface area contributed by atoms with Crippen LogP contribution >= 0.6 is 0 Å². The van der Waals surface area contributed by atoms with Crippen molar-refractivity contribution in [3.8, 4) is 0 Å². The van der Waals surface area contributed by atoms with E-state index < -0.39 is 0 Å². The lowest BCUT2D eigenvalue weighted by Crippen LogP contribution is -2.27. The molecule has 0 aromatic carbocycles. The maximum atomic E-state index is 12.8. The number of aromatic nitrogens is 5. The largest absolute Gasteiger partial charge is 0.298 e. The van der Waals surface area contributed by atoms with Gasteiger partial charge >= 0.3 is 0 Å². The summed E-state index contributed by atoms with van der Waals surface area (Å²) in [6, 6.07) is 1.92. The van der Waals surface area contributed by atoms with E-state index >= 15 is 0 Å². The Morgan fingerprint density at radius 2 is 2.04 bits per heavy atom. The van der Waals surface area contributed by atoms with Crippen molar-refractivity contribution in [2.45, 2.75) is 46.7 Å². The zero-order valence-corrected chi connectivity index (χ0v) is 15.0. The summed E-state index contributed by atoms with van der Waals surface area (Å²) >= 11 is 0. The Hall–Kier alpha value is -2.41. The molecule has 1 aliphatic rings. The Labute approximate surface area is 146 Å². The van der Waals surface area contributed by atoms with Crippen LogP contribution in [0.2, 0.25) is 0 Å². The molecule has 7 nitrogen and oxygen atoms in total. The van der Waals surface area contributed by atoms with Crippen molar-refractivity contribution in [2.75, 3.05) is 13.1 Å². The van der Waals surface area contributed by atoms with Gasteiger partial charge in [-0.25, -0.2) is 9.50 Å². The van der Waals surface area contributed by atoms with E-state index in [-0.39, 0.29) is 5.56 Å². The molecule has 0 bridgehead atoms. The van der Waals surface area contributed by atoms with Gasteiger partial charge in [0.15, 0.2) is 5.65 Å². The van der Waals surface area contributed by atoms with Gasteiger partial charge in [0.2, 0.25) is 0 Å². The SMILES string of the molecule is CCn1ncc(CN2CCc3nc4cc(C)[nH]n4c(=O)c3CC2)c1C. The average molecular weight is 340 g/mol. The number of nitrogens with one attached hydrogen (secondary N) is 1. The van der Waals surface area contributed by atoms with Crippen LogP contribution in [0, 0.1) is 13.8 Å². The minimum atomic E-state index is 0.0462. The molecule has 0 unspecified atom stereocenters. The summed E-state index contributed by atoms with van der Waals surface area (Å²) < 4.78 is 3.60. The third-order valence-corrected chi connectivity index (χ3v) is 5.16. The number of aromatic amines is 1. The molecule has 1 aliphatic heterocycles. The molecular formula is C18H24N6O. The van der Waals surface area contributed by atoms with Crippen molar-refractivity contribution in [1.29, 1.82) is 0 Å². The van der Waals surface area contributed by atoms with Gasteiger partial charge in [-0.2, -0.15) is 5.10 Å². The number of hydrogen-bond acceptors (Lipinski definition) is 4. The summed E-state index contributed by atoms with van der Waals surface area (Å²) in [4.78, 5) is 19.9. The van der Waals surface area contributed by atoms with E-state index in [2.05, 4.69) is 28.9 Å². The number of rotatable bonds is 3. The van der Waals surface area contributed by atoms with Crippen molar-refractivity contribution < 1.29 is 0 Å². The van der Waals surface area contributed by atoms with Gasteiger partial charge in [0, 0.05) is 61.2 Å². The summed E-state index contributed by atoms with van der Waals surface area (Å²) in [6.45, 7) is 9.72. The van der Waals surface area contributed by atoms with Crippen molar-refractivity contribution in [1.82, 2.24) is 29.3 Å². The van der Waals surface area contributed by atoms with Gasteiger partial charge in [0.05, 0.1) is 11.9 Å². The molecule has 132 valence electrons. The minimum Gasteiger partial charge on any atom is -0.298 e. The fraction of sp³-hybridized carbons (Fsp3) is 0.500. The highest BCUT2D eigenvalue weighted by Crippen LogP contribution is 2.16. The predicted octanol–water partition coefficient (Wildman–Crippen LogP) is 1.46. The first-order valence-corrected chi connectivity index (χ1v) is 8.90. The monoisotopic (exact) mass is 340 g/mol. The van der Waals surface area contributed by atoms with Crippen LogP contribution in [0.25, 0.3) is 5.65 Å². The lowest BCUT2D eigenvalue weighted by molar-refractivity contribution is 0.278. The molecular weight excluding hydrogens is 316 g/mol. The van der Waals surface area contributed by atoms with E-state index in [1.54, 1.807) is 4.52 Å². The Bertz CT molecular complexity index is 980. The van der Waals surface area contributed by atoms with Crippen molar-refractivity contribution >= 4 is 5.65 Å². The number of hydrogen-bond donors (Lipinski definition) is 1. The predicted molar refractivity (Wildman–Crippen MR) is 95.9 cm³/mol. The van der Waals surface area contributed by atoms with Crippen molar-refractivity contribution in [3.05, 3.63) is 50.8 Å². The van der Waals surface area contributed by atoms with Crippen LogP contribution in [-0.4, -0.2) is 42.4 Å². The second-order valence-electron chi connectivity index (χ2n) is 6.82. The fourth-order valence-electron chi connectivity index (χ4n) is 3.69. The average Bonchev–Trinajstić information content (AvgIpc) is 3.06. The molecule has 1 N–H and O–H groups in total. The van der Waals surface area contributed by atoms with E-state index in [1.165, 1.54) is 11.3 Å². The fourth-order valence-corrected chi connectivity index (χ4v) is 3.69. The molecule has 0 spiro atoms. The zero-order valence-electron chi connectivity index (χ0n) is 15.0. The Kier molecular flexibility index (Phi) is 3.95. The number of H-pyrrole nitrogens is 1. The van der Waals surface area contributed by atoms with Crippen molar-refractivity contribution in [3.63, 3.8) is 0 Å². The highest BCUT2D eigenvalue weighted by Gasteiger charge is 2.21. The molecule has 4 rings (SSSR count). The molecule has 0 fully saturated rings. The molecule has 0 radical (unpaired) electrons. The van der Waals surface area contributed by atoms with Gasteiger partial charge in [-0.15, -0.1) is 0 Å². The molecule has 3 aromatic heterocycles. The molecule has 0 atom stereocenters. The Morgan fingerprint density at radius 3 is 2.80 bits per heavy atom. The van der Waals surface area contributed by atoms with E-state index in [1.807, 2.05) is 23.9 Å². The lowest BCUT2D eigenvalue weighted by atomic mass is 10.1. The highest BCUT2D eigenvalue weighted by atomic mass is 16.1. The van der Waals surface area contributed by atoms with Gasteiger partial charge < -0.3 is 0 Å². The summed E-state index contributed by atoms with van der Waals surface area (Å²) in [5.41, 5.74) is 6.01. The van der Waals surface area contributed by atoms with Gasteiger partial charge in [-0.1, -0.05) is 0 Å². The van der Waals surface area contributed by atoms with Crippen LogP contribution in [0.5, 0.6) is 0 Å². The van der Waals surface area contributed by atoms with E-state index in [4.69, 9.17) is 4.98 Å². The van der Waals surface area contributed by atoms with Crippen LogP contribution in [0.3, 0.4) is 0 Å². The first kappa shape index (κ1) is 16.1. The van der Waals surface area contributed by atoms with Gasteiger partial charge in [-0.05, 0) is 27.2 Å². The summed E-state index contributed by atoms with van der Waals surface area (Å²) in [5.74, 6) is 0. The normalized spacial score (nSPS) is 15.5. The number of nitrogens with zero attached hydrogens (tertiary/aromatic N) is 5. The topological polar surface area (TPSA) is 71.2 Å². The summed E-state index contributed by atoms with van der Waals surface area (Å²) in [7, 11) is 0. The standard InChI is InChI=1S/C18H24N6O/c1-4-23-13(3)14(10-19-23)11-22-7-5-15-16(6-8-22)20-17-9-12(2)21-24(17)18(15)25/h9-10,21H,4-8,11H2,1-3H3. The van der Waals surface area contributed by atoms with Crippen LogP contribution in [0.15, 0.2) is 17.1 Å². The second-order valence-corrected chi connectivity index (χ2v) is 6.82. The van der Waals surface area contributed by atoms with E-state index in [0.29, 0.717) is 0 Å². The molecule has 3 aromatic rings. The van der Waals surface area contributed by atoms with Gasteiger partial charge in [-0.3, -0.25) is 19.5 Å². The van der Waals surface area contributed by atoms with E-state index in [9.17, 15) is 4.79 Å². The molecule has 0 saturated heterocycles. The number of aryl methyl sites for hydroxylation is 2. The molecule has 7 heteroatoms. The van der Waals surface area contributed by atoms with Crippen LogP contribution in [0.4, 0.5) is 0 Å². The van der Waals surface area contributed by atoms with Crippen LogP contribution in [0.1, 0.15) is 35.1 Å². The molecule has 0 saturated carbocycles. The first-order chi connectivity index (χ1) is 12.1. The molecule has 25 heavy (non-hydrogen) atoms. The summed E-state index contributed by atoms with van der Waals surface area (Å²) in [6.07, 6.45) is 3.52. The first-order valence-electron chi connectivity index (χ1n) is 8.90. The Balaban J connectivity index is 1.58. The quantitative estimate of drug-likeness (QED) is 0.783. The minimum absolute atomic E-state index is 0.0462. The van der Waals surface area contributed by atoms with Crippen molar-refractivity contribution in [2.24, 2.45) is 0 Å². The maximum Gasteiger partial charge on any atom is 0.276 e. The molecule has 4 heterocycles. The lowest BCUT2D eigenvalue weighted by Gasteiger charge is -2.19. The van der Waals surface area contributed by atoms with Gasteiger partial charge in [0.25, 0.3) is 5.56 Å². The van der Waals surface area contributed by atoms with Crippen LogP contribution in [-0.2, 0) is 25.9 Å². The van der Waals surface area contributed by atoms with Crippen LogP contribution < -0.4 is 5.56 Å². The Morgan fingerprint density at radius 1 is 1.24 bits per heavy atom. The number of fused-ring (bicyclic) bond motifs is 2. The summed E-state index contributed by atoms with van der Waals surface area (Å²) in [5, 5.41) is 7.52. The third kappa shape index (κ3) is 2.78. The van der Waals surface area contributed by atoms with E-state index in [0.717, 1.165) is 61.6 Å². The van der Waals surface area contributed by atoms with Gasteiger partial charge in [0.1, 0.15) is 0 Å². The maximum absolute atomic E-state index is 12.8. The third-order valence-electron chi connectivity index (χ3n) is 5.16. The molecule has 0 aliphatic carbocycles. The smallest absolute Gasteiger partial charge is 0.276 e. The second kappa shape index (κ2) is 6.15. The zero-order chi connectivity index (χ0) is 17.6. The highest BCUT2D eigenvalue weighted by molar-refractivity contribution is 5.42.